The molecular formula is C16H16O. The van der Waals surface area contributed by atoms with E-state index < -0.39 is 0 Å². The zero-order valence-electron chi connectivity index (χ0n) is 9.91. The first-order valence-corrected chi connectivity index (χ1v) is 5.88. The van der Waals surface area contributed by atoms with E-state index in [-0.39, 0.29) is 11.8 Å². The molecule has 0 aliphatic carbocycles. The lowest BCUT2D eigenvalue weighted by atomic mass is 9.82. The summed E-state index contributed by atoms with van der Waals surface area (Å²) in [7, 11) is 0. The van der Waals surface area contributed by atoms with E-state index in [4.69, 9.17) is 0 Å². The van der Waals surface area contributed by atoms with Crippen molar-refractivity contribution in [3.05, 3.63) is 71.8 Å². The zero-order chi connectivity index (χ0) is 12.1. The van der Waals surface area contributed by atoms with Gasteiger partial charge in [0.25, 0.3) is 0 Å². The van der Waals surface area contributed by atoms with Gasteiger partial charge in [-0.05, 0) is 11.1 Å². The first-order valence-electron chi connectivity index (χ1n) is 5.88. The molecule has 0 heterocycles. The van der Waals surface area contributed by atoms with E-state index in [0.29, 0.717) is 0 Å². The fourth-order valence-electron chi connectivity index (χ4n) is 2.20. The molecule has 0 radical (unpaired) electrons. The highest BCUT2D eigenvalue weighted by atomic mass is 16.1. The van der Waals surface area contributed by atoms with Crippen LogP contribution >= 0.6 is 0 Å². The predicted octanol–water partition coefficient (Wildman–Crippen LogP) is 3.65. The van der Waals surface area contributed by atoms with Crippen LogP contribution in [0, 0.1) is 5.92 Å². The highest BCUT2D eigenvalue weighted by molar-refractivity contribution is 5.57. The lowest BCUT2D eigenvalue weighted by molar-refractivity contribution is -0.111. The van der Waals surface area contributed by atoms with Crippen molar-refractivity contribution in [2.45, 2.75) is 12.8 Å². The molecule has 17 heavy (non-hydrogen) atoms. The molecule has 0 aliphatic heterocycles. The van der Waals surface area contributed by atoms with Gasteiger partial charge in [0.1, 0.15) is 6.29 Å². The van der Waals surface area contributed by atoms with Gasteiger partial charge < -0.3 is 4.79 Å². The molecule has 2 rings (SSSR count). The minimum atomic E-state index is -0.0141. The predicted molar refractivity (Wildman–Crippen MR) is 70.0 cm³/mol. The molecule has 0 N–H and O–H groups in total. The van der Waals surface area contributed by atoms with Gasteiger partial charge >= 0.3 is 0 Å². The maximum Gasteiger partial charge on any atom is 0.123 e. The second kappa shape index (κ2) is 5.44. The van der Waals surface area contributed by atoms with Gasteiger partial charge in [-0.2, -0.15) is 0 Å². The monoisotopic (exact) mass is 224 g/mol. The summed E-state index contributed by atoms with van der Waals surface area (Å²) in [5, 5.41) is 0. The molecule has 0 aromatic heterocycles. The molecular weight excluding hydrogens is 208 g/mol. The van der Waals surface area contributed by atoms with Crippen LogP contribution in [0.4, 0.5) is 0 Å². The molecule has 0 bridgehead atoms. The van der Waals surface area contributed by atoms with Crippen LogP contribution < -0.4 is 0 Å². The molecule has 0 aliphatic rings. The zero-order valence-corrected chi connectivity index (χ0v) is 9.91. The standard InChI is InChI=1S/C16H16O/c1-13(12-17)16(14-8-4-2-5-9-14)15-10-6-3-7-11-15/h2-13,16H,1H3. The molecule has 1 nitrogen and oxygen atoms in total. The van der Waals surface area contributed by atoms with Crippen molar-refractivity contribution < 1.29 is 4.79 Å². The average Bonchev–Trinajstić information content (AvgIpc) is 2.41. The Kier molecular flexibility index (Phi) is 3.71. The van der Waals surface area contributed by atoms with E-state index in [9.17, 15) is 4.79 Å². The number of rotatable bonds is 4. The summed E-state index contributed by atoms with van der Waals surface area (Å²) in [6.45, 7) is 1.97. The van der Waals surface area contributed by atoms with E-state index in [2.05, 4.69) is 24.3 Å². The topological polar surface area (TPSA) is 17.1 Å². The van der Waals surface area contributed by atoms with Gasteiger partial charge in [-0.25, -0.2) is 0 Å². The molecule has 2 aromatic rings. The molecule has 0 spiro atoms. The van der Waals surface area contributed by atoms with E-state index in [1.54, 1.807) is 0 Å². The van der Waals surface area contributed by atoms with Crippen LogP contribution in [0.25, 0.3) is 0 Å². The van der Waals surface area contributed by atoms with Crippen LogP contribution in [-0.2, 0) is 4.79 Å². The summed E-state index contributed by atoms with van der Waals surface area (Å²) in [5.74, 6) is 0.134. The van der Waals surface area contributed by atoms with Crippen molar-refractivity contribution >= 4 is 6.29 Å². The van der Waals surface area contributed by atoms with Crippen LogP contribution in [0.15, 0.2) is 60.7 Å². The van der Waals surface area contributed by atoms with Gasteiger partial charge in [-0.1, -0.05) is 67.6 Å². The highest BCUT2D eigenvalue weighted by Crippen LogP contribution is 2.30. The fraction of sp³-hybridized carbons (Fsp3) is 0.188. The number of benzene rings is 2. The molecule has 0 fully saturated rings. The molecule has 86 valence electrons. The van der Waals surface area contributed by atoms with E-state index in [0.717, 1.165) is 6.29 Å². The van der Waals surface area contributed by atoms with E-state index >= 15 is 0 Å². The minimum absolute atomic E-state index is 0.0141. The minimum Gasteiger partial charge on any atom is -0.303 e. The molecule has 1 unspecified atom stereocenters. The molecule has 0 saturated heterocycles. The summed E-state index contributed by atoms with van der Waals surface area (Å²) in [4.78, 5) is 11.1. The maximum atomic E-state index is 11.1. The summed E-state index contributed by atoms with van der Waals surface area (Å²) >= 11 is 0. The molecule has 0 amide bonds. The van der Waals surface area contributed by atoms with Crippen LogP contribution in [0.5, 0.6) is 0 Å². The van der Waals surface area contributed by atoms with Crippen molar-refractivity contribution in [2.24, 2.45) is 5.92 Å². The van der Waals surface area contributed by atoms with Gasteiger partial charge in [0.2, 0.25) is 0 Å². The van der Waals surface area contributed by atoms with Gasteiger partial charge in [0.05, 0.1) is 0 Å². The SMILES string of the molecule is CC(C=O)C(c1ccccc1)c1ccccc1. The Morgan fingerprint density at radius 2 is 1.24 bits per heavy atom. The van der Waals surface area contributed by atoms with Crippen molar-refractivity contribution in [3.63, 3.8) is 0 Å². The Hall–Kier alpha value is -1.89. The van der Waals surface area contributed by atoms with Gasteiger partial charge in [0, 0.05) is 11.8 Å². The van der Waals surface area contributed by atoms with Crippen LogP contribution in [0.1, 0.15) is 24.0 Å². The van der Waals surface area contributed by atoms with Crippen molar-refractivity contribution in [2.75, 3.05) is 0 Å². The Bertz CT molecular complexity index is 422. The Morgan fingerprint density at radius 3 is 1.59 bits per heavy atom. The normalized spacial score (nSPS) is 12.4. The number of aldehydes is 1. The molecule has 1 atom stereocenters. The lowest BCUT2D eigenvalue weighted by Gasteiger charge is -2.20. The van der Waals surface area contributed by atoms with E-state index in [1.165, 1.54) is 11.1 Å². The first kappa shape index (κ1) is 11.6. The number of carbonyl (C=O) groups excluding carboxylic acids is 1. The molecule has 2 aromatic carbocycles. The Labute approximate surface area is 102 Å². The highest BCUT2D eigenvalue weighted by Gasteiger charge is 2.20. The lowest BCUT2D eigenvalue weighted by Crippen LogP contribution is -2.12. The summed E-state index contributed by atoms with van der Waals surface area (Å²) in [5.41, 5.74) is 2.39. The van der Waals surface area contributed by atoms with Gasteiger partial charge in [-0.15, -0.1) is 0 Å². The van der Waals surface area contributed by atoms with E-state index in [1.807, 2.05) is 43.3 Å². The quantitative estimate of drug-likeness (QED) is 0.724. The number of hydrogen-bond donors (Lipinski definition) is 0. The number of carbonyl (C=O) groups is 1. The van der Waals surface area contributed by atoms with Gasteiger partial charge in [-0.3, -0.25) is 0 Å². The third-order valence-electron chi connectivity index (χ3n) is 3.06. The smallest absolute Gasteiger partial charge is 0.123 e. The average molecular weight is 224 g/mol. The summed E-state index contributed by atoms with van der Waals surface area (Å²) < 4.78 is 0. The third kappa shape index (κ3) is 2.62. The second-order valence-electron chi connectivity index (χ2n) is 4.29. The molecule has 1 heteroatoms. The third-order valence-corrected chi connectivity index (χ3v) is 3.06. The van der Waals surface area contributed by atoms with Crippen LogP contribution in [-0.4, -0.2) is 6.29 Å². The first-order chi connectivity index (χ1) is 8.33. The number of hydrogen-bond acceptors (Lipinski definition) is 1. The van der Waals surface area contributed by atoms with Crippen LogP contribution in [0.3, 0.4) is 0 Å². The Morgan fingerprint density at radius 1 is 0.824 bits per heavy atom. The van der Waals surface area contributed by atoms with Crippen molar-refractivity contribution in [1.82, 2.24) is 0 Å². The summed E-state index contributed by atoms with van der Waals surface area (Å²) in [6, 6.07) is 20.4. The van der Waals surface area contributed by atoms with Crippen molar-refractivity contribution in [1.29, 1.82) is 0 Å². The second-order valence-corrected chi connectivity index (χ2v) is 4.29. The Balaban J connectivity index is 2.43. The molecule has 0 saturated carbocycles. The van der Waals surface area contributed by atoms with Gasteiger partial charge in [0.15, 0.2) is 0 Å². The largest absolute Gasteiger partial charge is 0.303 e. The fourth-order valence-corrected chi connectivity index (χ4v) is 2.20. The van der Waals surface area contributed by atoms with Crippen LogP contribution in [0.2, 0.25) is 0 Å². The summed E-state index contributed by atoms with van der Waals surface area (Å²) in [6.07, 6.45) is 1.03. The van der Waals surface area contributed by atoms with Crippen molar-refractivity contribution in [3.8, 4) is 0 Å². The maximum absolute atomic E-state index is 11.1.